The molecule has 0 amide bonds. The van der Waals surface area contributed by atoms with Gasteiger partial charge in [-0.15, -0.1) is 0 Å². The minimum Gasteiger partial charge on any atom is -0.420 e. The maximum absolute atomic E-state index is 5.27. The van der Waals surface area contributed by atoms with E-state index in [0.717, 1.165) is 5.75 Å². The molecule has 1 radical (unpaired) electrons. The van der Waals surface area contributed by atoms with Crippen LogP contribution < -0.4 is 0 Å². The Morgan fingerprint density at radius 2 is 2.22 bits per heavy atom. The van der Waals surface area contributed by atoms with Crippen LogP contribution in [0, 0.1) is 0 Å². The normalized spacial score (nSPS) is 10.7. The van der Waals surface area contributed by atoms with Crippen LogP contribution in [0.3, 0.4) is 0 Å². The van der Waals surface area contributed by atoms with Gasteiger partial charge in [-0.05, 0) is 24.3 Å². The summed E-state index contributed by atoms with van der Waals surface area (Å²) in [6, 6.07) is 2.47. The predicted molar refractivity (Wildman–Crippen MR) is 46.5 cm³/mol. The van der Waals surface area contributed by atoms with E-state index in [9.17, 15) is 0 Å². The Balaban J connectivity index is 3.09. The van der Waals surface area contributed by atoms with E-state index in [-0.39, 0.29) is 0 Å². The molecule has 0 aliphatic heterocycles. The van der Waals surface area contributed by atoms with Crippen LogP contribution in [0.2, 0.25) is 12.1 Å². The van der Waals surface area contributed by atoms with Crippen molar-refractivity contribution in [3.05, 3.63) is 0 Å². The smallest absolute Gasteiger partial charge is 0.210 e. The molecule has 0 rings (SSSR count). The van der Waals surface area contributed by atoms with Gasteiger partial charge in [0.1, 0.15) is 0 Å². The lowest BCUT2D eigenvalue weighted by Gasteiger charge is -2.07. The third-order valence-electron chi connectivity index (χ3n) is 1.30. The Morgan fingerprint density at radius 1 is 1.56 bits per heavy atom. The van der Waals surface area contributed by atoms with Gasteiger partial charge in [0.25, 0.3) is 0 Å². The van der Waals surface area contributed by atoms with Crippen molar-refractivity contribution in [2.75, 3.05) is 12.9 Å². The highest BCUT2D eigenvalue weighted by atomic mass is 32.1. The molecule has 0 aromatic carbocycles. The average molecular weight is 163 g/mol. The van der Waals surface area contributed by atoms with Gasteiger partial charge in [0.15, 0.2) is 0 Å². The van der Waals surface area contributed by atoms with E-state index in [4.69, 9.17) is 4.43 Å². The van der Waals surface area contributed by atoms with Crippen LogP contribution in [0.5, 0.6) is 0 Å². The van der Waals surface area contributed by atoms with Crippen LogP contribution in [-0.4, -0.2) is 21.9 Å². The SMILES string of the molecule is CC[Si](CCCS)OC. The highest BCUT2D eigenvalue weighted by molar-refractivity contribution is 7.80. The molecule has 0 spiro atoms. The van der Waals surface area contributed by atoms with Crippen molar-refractivity contribution < 1.29 is 4.43 Å². The Morgan fingerprint density at radius 3 is 2.56 bits per heavy atom. The van der Waals surface area contributed by atoms with Crippen molar-refractivity contribution in [2.45, 2.75) is 25.4 Å². The maximum atomic E-state index is 5.27. The van der Waals surface area contributed by atoms with Crippen LogP contribution in [0.1, 0.15) is 13.3 Å². The first-order valence-corrected chi connectivity index (χ1v) is 5.80. The predicted octanol–water partition coefficient (Wildman–Crippen LogP) is 1.96. The van der Waals surface area contributed by atoms with Crippen molar-refractivity contribution in [3.63, 3.8) is 0 Å². The first-order valence-electron chi connectivity index (χ1n) is 3.34. The van der Waals surface area contributed by atoms with Crippen LogP contribution in [-0.2, 0) is 4.43 Å². The van der Waals surface area contributed by atoms with Gasteiger partial charge in [-0.1, -0.05) is 6.92 Å². The van der Waals surface area contributed by atoms with Gasteiger partial charge in [0, 0.05) is 7.11 Å². The summed E-state index contributed by atoms with van der Waals surface area (Å²) in [6.45, 7) is 2.19. The molecule has 0 aliphatic rings. The standard InChI is InChI=1S/C6H15OSSi/c1-3-9(7-2)6-4-5-8/h8H,3-6H2,1-2H3. The maximum Gasteiger partial charge on any atom is 0.210 e. The fourth-order valence-electron chi connectivity index (χ4n) is 0.699. The summed E-state index contributed by atoms with van der Waals surface area (Å²) >= 11 is 4.13. The molecular weight excluding hydrogens is 148 g/mol. The summed E-state index contributed by atoms with van der Waals surface area (Å²) in [5.74, 6) is 0.998. The highest BCUT2D eigenvalue weighted by Crippen LogP contribution is 2.03. The second kappa shape index (κ2) is 6.64. The van der Waals surface area contributed by atoms with E-state index in [1.54, 1.807) is 0 Å². The molecule has 1 nitrogen and oxygen atoms in total. The molecule has 0 aliphatic carbocycles. The van der Waals surface area contributed by atoms with Gasteiger partial charge < -0.3 is 4.43 Å². The number of hydrogen-bond donors (Lipinski definition) is 1. The Kier molecular flexibility index (Phi) is 7.03. The number of rotatable bonds is 5. The fraction of sp³-hybridized carbons (Fsp3) is 1.00. The highest BCUT2D eigenvalue weighted by Gasteiger charge is 2.05. The summed E-state index contributed by atoms with van der Waals surface area (Å²) in [7, 11) is 1.38. The molecule has 0 aromatic heterocycles. The quantitative estimate of drug-likeness (QED) is 0.481. The lowest BCUT2D eigenvalue weighted by molar-refractivity contribution is 0.418. The van der Waals surface area contributed by atoms with Crippen LogP contribution in [0.4, 0.5) is 0 Å². The molecule has 55 valence electrons. The van der Waals surface area contributed by atoms with Gasteiger partial charge >= 0.3 is 0 Å². The fourth-order valence-corrected chi connectivity index (χ4v) is 2.57. The largest absolute Gasteiger partial charge is 0.420 e. The third kappa shape index (κ3) is 5.00. The Bertz CT molecular complexity index is 57.0. The summed E-state index contributed by atoms with van der Waals surface area (Å²) in [6.07, 6.45) is 1.21. The Labute approximate surface area is 64.9 Å². The second-order valence-electron chi connectivity index (χ2n) is 1.92. The molecule has 0 heterocycles. The molecule has 0 bridgehead atoms. The molecular formula is C6H15OSSi. The van der Waals surface area contributed by atoms with Crippen LogP contribution in [0.15, 0.2) is 0 Å². The number of thiol groups is 1. The monoisotopic (exact) mass is 163 g/mol. The van der Waals surface area contributed by atoms with E-state index < -0.39 is 9.04 Å². The topological polar surface area (TPSA) is 9.23 Å². The molecule has 0 saturated heterocycles. The van der Waals surface area contributed by atoms with Gasteiger partial charge in [-0.25, -0.2) is 0 Å². The second-order valence-corrected chi connectivity index (χ2v) is 5.06. The summed E-state index contributed by atoms with van der Waals surface area (Å²) in [5, 5.41) is 0. The van der Waals surface area contributed by atoms with E-state index >= 15 is 0 Å². The molecule has 0 aromatic rings. The zero-order valence-corrected chi connectivity index (χ0v) is 8.08. The summed E-state index contributed by atoms with van der Waals surface area (Å²) < 4.78 is 5.27. The minimum atomic E-state index is -0.435. The molecule has 0 N–H and O–H groups in total. The lowest BCUT2D eigenvalue weighted by Crippen LogP contribution is -2.13. The molecule has 9 heavy (non-hydrogen) atoms. The minimum absolute atomic E-state index is 0.435. The van der Waals surface area contributed by atoms with Crippen LogP contribution >= 0.6 is 12.6 Å². The lowest BCUT2D eigenvalue weighted by atomic mass is 10.6. The molecule has 0 fully saturated rings. The van der Waals surface area contributed by atoms with E-state index in [0.29, 0.717) is 0 Å². The molecule has 0 unspecified atom stereocenters. The van der Waals surface area contributed by atoms with Gasteiger partial charge in [0.2, 0.25) is 9.04 Å². The molecule has 0 saturated carbocycles. The summed E-state index contributed by atoms with van der Waals surface area (Å²) in [4.78, 5) is 0. The van der Waals surface area contributed by atoms with E-state index in [1.807, 2.05) is 7.11 Å². The third-order valence-corrected chi connectivity index (χ3v) is 3.89. The first-order chi connectivity index (χ1) is 4.35. The first kappa shape index (κ1) is 9.53. The van der Waals surface area contributed by atoms with Gasteiger partial charge in [0.05, 0.1) is 0 Å². The van der Waals surface area contributed by atoms with Crippen molar-refractivity contribution in [1.82, 2.24) is 0 Å². The summed E-state index contributed by atoms with van der Waals surface area (Å²) in [5.41, 5.74) is 0. The van der Waals surface area contributed by atoms with Crippen LogP contribution in [0.25, 0.3) is 0 Å². The molecule has 0 atom stereocenters. The van der Waals surface area contributed by atoms with E-state index in [2.05, 4.69) is 19.6 Å². The zero-order valence-electron chi connectivity index (χ0n) is 6.18. The van der Waals surface area contributed by atoms with E-state index in [1.165, 1.54) is 18.5 Å². The zero-order chi connectivity index (χ0) is 7.11. The van der Waals surface area contributed by atoms with Crippen molar-refractivity contribution in [3.8, 4) is 0 Å². The van der Waals surface area contributed by atoms with Crippen molar-refractivity contribution >= 4 is 21.7 Å². The molecule has 3 heteroatoms. The van der Waals surface area contributed by atoms with Gasteiger partial charge in [-0.3, -0.25) is 0 Å². The number of hydrogen-bond acceptors (Lipinski definition) is 2. The van der Waals surface area contributed by atoms with Gasteiger partial charge in [-0.2, -0.15) is 12.6 Å². The van der Waals surface area contributed by atoms with Crippen molar-refractivity contribution in [2.24, 2.45) is 0 Å². The Hall–Kier alpha value is 0.527. The van der Waals surface area contributed by atoms with Crippen molar-refractivity contribution in [1.29, 1.82) is 0 Å². The average Bonchev–Trinajstić information content (AvgIpc) is 1.91.